The lowest BCUT2D eigenvalue weighted by Crippen LogP contribution is -2.60. The van der Waals surface area contributed by atoms with Crippen molar-refractivity contribution >= 4 is 23.9 Å². The SMILES string of the molecule is CN=C(N)NCCC/C=C/CCC[C@H](C)[C@@H]1OC(=O)/C(C)=C/C=C/[C@H](C)[C@@H](O)C[C@H](O)[C@@H](C)[C@H](O)CC[C@H](C)[C@@H](O)C[C@@]2(O)O[C@@H](C[C@@H](OC(=O)CC(=O)O)C[C@H](O)C[C@@H](O)C[C@H](O)/C(C)=C/C=C/[C@H]1C)C[C@@H](O)[C@@H]2O. The summed E-state index contributed by atoms with van der Waals surface area (Å²) in [6, 6.07) is 0. The Morgan fingerprint density at radius 3 is 2.11 bits per heavy atom. The number of hydrogen-bond donors (Lipinski definition) is 13. The number of allylic oxidation sites excluding steroid dienone is 6. The number of carboxylic acids is 1. The van der Waals surface area contributed by atoms with Crippen LogP contribution in [-0.2, 0) is 28.6 Å². The molecule has 18 atom stereocenters. The molecule has 76 heavy (non-hydrogen) atoms. The van der Waals surface area contributed by atoms with E-state index in [0.717, 1.165) is 32.1 Å². The summed E-state index contributed by atoms with van der Waals surface area (Å²) in [6.07, 6.45) is 1.04. The van der Waals surface area contributed by atoms with Gasteiger partial charge in [-0.05, 0) is 82.6 Å². The quantitative estimate of drug-likeness (QED) is 0.0333. The van der Waals surface area contributed by atoms with Crippen LogP contribution in [0.15, 0.2) is 64.7 Å². The van der Waals surface area contributed by atoms with Gasteiger partial charge in [0.05, 0.1) is 54.9 Å². The summed E-state index contributed by atoms with van der Waals surface area (Å²) >= 11 is 0. The summed E-state index contributed by atoms with van der Waals surface area (Å²) in [6.45, 7) is 13.0. The fourth-order valence-electron chi connectivity index (χ4n) is 9.44. The fraction of sp³-hybridized carbons (Fsp3) is 0.750. The van der Waals surface area contributed by atoms with Gasteiger partial charge in [-0.3, -0.25) is 14.6 Å². The van der Waals surface area contributed by atoms with E-state index >= 15 is 0 Å². The van der Waals surface area contributed by atoms with Gasteiger partial charge in [0.15, 0.2) is 11.7 Å². The van der Waals surface area contributed by atoms with Crippen LogP contribution in [0.1, 0.15) is 145 Å². The van der Waals surface area contributed by atoms with Crippen molar-refractivity contribution in [3.8, 4) is 0 Å². The number of unbranched alkanes of at least 4 members (excludes halogenated alkanes) is 2. The van der Waals surface area contributed by atoms with Crippen LogP contribution in [-0.4, -0.2) is 173 Å². The number of rotatable bonds is 12. The molecule has 0 aliphatic carbocycles. The summed E-state index contributed by atoms with van der Waals surface area (Å²) < 4.78 is 17.5. The monoisotopic (exact) mass is 1080 g/mol. The standard InChI is InChI=1S/C56H95N3O17/c1-33-18-15-20-37(5)52(36(4)17-13-11-9-10-12-14-24-59-55(57)58-8)75-54(72)38(6)21-16-19-34(2)46(64)30-47(65)39(7)44(62)23-22-35(3)49(67)32-56(73)53(71)48(66)29-43(76-56)28-42(74-51(70)31-50(68)69)26-40(60)25-41(61)27-45(33)63/h9-10,15-16,18-21,34-37,39-49,52-53,60-67,71,73H,11-14,17,22-32H2,1-8H3,(H,68,69)(H3,57,58,59)/b10-9+,19-16+,20-15+,33-18+,38-21+/t34-,35-,36-,37+,39-,40+,41+,42-,43-,44+,45-,46-,47-,48+,49-,52-,53-,56+/m0/s1. The first-order chi connectivity index (χ1) is 35.7. The van der Waals surface area contributed by atoms with E-state index in [-0.39, 0.29) is 63.2 Å². The van der Waals surface area contributed by atoms with Crippen LogP contribution in [0, 0.1) is 29.6 Å². The third kappa shape index (κ3) is 25.2. The van der Waals surface area contributed by atoms with Crippen molar-refractivity contribution in [2.45, 2.75) is 224 Å². The van der Waals surface area contributed by atoms with E-state index in [4.69, 9.17) is 19.9 Å². The van der Waals surface area contributed by atoms with Gasteiger partial charge in [0.25, 0.3) is 0 Å². The Morgan fingerprint density at radius 2 is 1.45 bits per heavy atom. The van der Waals surface area contributed by atoms with E-state index in [2.05, 4.69) is 22.5 Å². The highest BCUT2D eigenvalue weighted by Gasteiger charge is 2.50. The number of aliphatic hydroxyl groups is 10. The number of aliphatic imine (C=N–C) groups is 1. The summed E-state index contributed by atoms with van der Waals surface area (Å²) in [4.78, 5) is 41.4. The molecule has 0 aromatic rings. The van der Waals surface area contributed by atoms with Gasteiger partial charge in [-0.25, -0.2) is 4.79 Å². The highest BCUT2D eigenvalue weighted by Crippen LogP contribution is 2.36. The predicted octanol–water partition coefficient (Wildman–Crippen LogP) is 3.37. The maximum Gasteiger partial charge on any atom is 0.334 e. The first-order valence-corrected chi connectivity index (χ1v) is 27.1. The van der Waals surface area contributed by atoms with Crippen molar-refractivity contribution < 1.29 is 84.8 Å². The lowest BCUT2D eigenvalue weighted by atomic mass is 9.84. The predicted molar refractivity (Wildman–Crippen MR) is 287 cm³/mol. The van der Waals surface area contributed by atoms with Gasteiger partial charge in [-0.2, -0.15) is 0 Å². The number of nitrogens with one attached hydrogen (secondary N) is 1. The second-order valence-electron chi connectivity index (χ2n) is 21.6. The number of carbonyl (C=O) groups is 3. The zero-order valence-corrected chi connectivity index (χ0v) is 46.1. The summed E-state index contributed by atoms with van der Waals surface area (Å²) in [5, 5.41) is 123. The zero-order chi connectivity index (χ0) is 57.3. The van der Waals surface area contributed by atoms with Gasteiger partial charge >= 0.3 is 17.9 Å². The molecule has 0 radical (unpaired) electrons. The topological polar surface area (TPSA) is 352 Å². The molecule has 20 heteroatoms. The van der Waals surface area contributed by atoms with E-state index in [9.17, 15) is 70.6 Å². The van der Waals surface area contributed by atoms with Crippen molar-refractivity contribution in [2.24, 2.45) is 40.3 Å². The van der Waals surface area contributed by atoms with Crippen molar-refractivity contribution in [2.75, 3.05) is 13.6 Å². The van der Waals surface area contributed by atoms with E-state index < -0.39 is 128 Å². The Kier molecular flexibility index (Phi) is 31.1. The number of nitrogens with zero attached hydrogens (tertiary/aromatic N) is 1. The van der Waals surface area contributed by atoms with Gasteiger partial charge in [0.2, 0.25) is 0 Å². The fourth-order valence-corrected chi connectivity index (χ4v) is 9.44. The molecule has 2 aliphatic rings. The Bertz CT molecular complexity index is 1930. The number of carbonyl (C=O) groups excluding carboxylic acids is 2. The molecule has 1 saturated heterocycles. The molecule has 2 aliphatic heterocycles. The number of cyclic esters (lactones) is 1. The number of aliphatic hydroxyl groups excluding tert-OH is 9. The molecule has 20 nitrogen and oxygen atoms in total. The minimum atomic E-state index is -2.52. The molecule has 14 N–H and O–H groups in total. The Hall–Kier alpha value is -4.06. The van der Waals surface area contributed by atoms with Crippen molar-refractivity contribution in [1.82, 2.24) is 5.32 Å². The molecular weight excluding hydrogens is 987 g/mol. The third-order valence-electron chi connectivity index (χ3n) is 14.8. The Balaban J connectivity index is 2.43. The van der Waals surface area contributed by atoms with Crippen LogP contribution in [0.25, 0.3) is 0 Å². The van der Waals surface area contributed by atoms with Gasteiger partial charge < -0.3 is 81.4 Å². The summed E-state index contributed by atoms with van der Waals surface area (Å²) in [5.74, 6) is -7.41. The highest BCUT2D eigenvalue weighted by atomic mass is 16.7. The average molecular weight is 1080 g/mol. The number of carboxylic acid groups (broad SMARTS) is 1. The summed E-state index contributed by atoms with van der Waals surface area (Å²) in [5.41, 5.74) is 6.49. The van der Waals surface area contributed by atoms with Crippen LogP contribution in [0.2, 0.25) is 0 Å². The molecule has 2 bridgehead atoms. The largest absolute Gasteiger partial charge is 0.481 e. The first-order valence-electron chi connectivity index (χ1n) is 27.1. The molecule has 2 rings (SSSR count). The maximum absolute atomic E-state index is 13.6. The molecule has 436 valence electrons. The number of esters is 2. The van der Waals surface area contributed by atoms with Crippen LogP contribution < -0.4 is 11.1 Å². The number of hydrogen-bond acceptors (Lipinski definition) is 17. The number of aliphatic carboxylic acids is 1. The van der Waals surface area contributed by atoms with Gasteiger partial charge in [0, 0.05) is 75.4 Å². The lowest BCUT2D eigenvalue weighted by Gasteiger charge is -2.45. The molecule has 2 heterocycles. The van der Waals surface area contributed by atoms with Gasteiger partial charge in [0.1, 0.15) is 24.7 Å². The number of fused-ring (bicyclic) bond motifs is 2. The maximum atomic E-state index is 13.6. The summed E-state index contributed by atoms with van der Waals surface area (Å²) in [7, 11) is 1.62. The molecule has 0 spiro atoms. The lowest BCUT2D eigenvalue weighted by molar-refractivity contribution is -0.333. The minimum Gasteiger partial charge on any atom is -0.481 e. The smallest absolute Gasteiger partial charge is 0.334 e. The normalized spacial score (nSPS) is 38.0. The van der Waals surface area contributed by atoms with Crippen LogP contribution >= 0.6 is 0 Å². The van der Waals surface area contributed by atoms with Crippen LogP contribution in [0.5, 0.6) is 0 Å². The van der Waals surface area contributed by atoms with Crippen LogP contribution in [0.3, 0.4) is 0 Å². The van der Waals surface area contributed by atoms with E-state index in [0.29, 0.717) is 23.7 Å². The highest BCUT2D eigenvalue weighted by molar-refractivity contribution is 5.90. The Labute approximate surface area is 450 Å². The van der Waals surface area contributed by atoms with Crippen molar-refractivity contribution in [1.29, 1.82) is 0 Å². The third-order valence-corrected chi connectivity index (χ3v) is 14.8. The molecule has 1 fully saturated rings. The van der Waals surface area contributed by atoms with Gasteiger partial charge in [-0.1, -0.05) is 83.2 Å². The second kappa shape index (κ2) is 34.7. The number of guanidine groups is 1. The molecule has 0 unspecified atom stereocenters. The van der Waals surface area contributed by atoms with Gasteiger partial charge in [-0.15, -0.1) is 0 Å². The average Bonchev–Trinajstić information content (AvgIpc) is 3.34. The first kappa shape index (κ1) is 68.0. The molecule has 0 aromatic carbocycles. The molecule has 0 aromatic heterocycles. The number of nitrogens with two attached hydrogens (primary N) is 1. The number of ether oxygens (including phenoxy) is 3. The van der Waals surface area contributed by atoms with Crippen LogP contribution in [0.4, 0.5) is 0 Å². The minimum absolute atomic E-state index is 0.0643. The zero-order valence-electron chi connectivity index (χ0n) is 46.1. The van der Waals surface area contributed by atoms with E-state index in [1.807, 2.05) is 19.9 Å². The van der Waals surface area contributed by atoms with E-state index in [1.54, 1.807) is 72.0 Å². The van der Waals surface area contributed by atoms with Crippen molar-refractivity contribution in [3.63, 3.8) is 0 Å². The second-order valence-corrected chi connectivity index (χ2v) is 21.6. The van der Waals surface area contributed by atoms with Crippen molar-refractivity contribution in [3.05, 3.63) is 59.8 Å². The molecule has 0 amide bonds. The molecular formula is C56H95N3O17. The Morgan fingerprint density at radius 1 is 0.816 bits per heavy atom. The molecule has 0 saturated carbocycles. The van der Waals surface area contributed by atoms with E-state index in [1.165, 1.54) is 0 Å².